The number of nitrogens with one attached hydrogen (secondary N) is 1. The van der Waals surface area contributed by atoms with Gasteiger partial charge in [-0.05, 0) is 26.3 Å². The molecule has 3 unspecified atom stereocenters. The van der Waals surface area contributed by atoms with E-state index in [-0.39, 0.29) is 11.5 Å². The Labute approximate surface area is 163 Å². The molecule has 0 spiro atoms. The fourth-order valence-corrected chi connectivity index (χ4v) is 2.41. The summed E-state index contributed by atoms with van der Waals surface area (Å²) in [6.07, 6.45) is 6.19. The van der Waals surface area contributed by atoms with Crippen LogP contribution in [0, 0.1) is 0 Å². The summed E-state index contributed by atoms with van der Waals surface area (Å²) in [5, 5.41) is 21.8. The van der Waals surface area contributed by atoms with Crippen LogP contribution < -0.4 is 5.32 Å². The molecule has 0 bridgehead atoms. The Kier molecular flexibility index (Phi) is 16.7. The summed E-state index contributed by atoms with van der Waals surface area (Å²) >= 11 is 0. The topological polar surface area (TPSA) is 89.9 Å². The van der Waals surface area contributed by atoms with Crippen molar-refractivity contribution in [1.29, 1.82) is 0 Å². The smallest absolute Gasteiger partial charge is 0.329 e. The standard InChI is InChI=1S/C18H31FN2O4.C2H6/c1-5-8-9-11-13(7-3)12-15(18(24)25)21(19)17(23)16(22)14(20-4)10-6-2;1-2/h8-9,11,14-16,20,22H,5-7,10,12H2,1-4H3,(H,24,25);1-2H3/b9-8+,13-11-;. The summed E-state index contributed by atoms with van der Waals surface area (Å²) in [7, 11) is 1.56. The van der Waals surface area contributed by atoms with Crippen molar-refractivity contribution in [3.05, 3.63) is 23.8 Å². The van der Waals surface area contributed by atoms with Gasteiger partial charge in [0.25, 0.3) is 5.91 Å². The van der Waals surface area contributed by atoms with Gasteiger partial charge in [0.05, 0.1) is 0 Å². The monoisotopic (exact) mass is 388 g/mol. The van der Waals surface area contributed by atoms with Crippen LogP contribution in [-0.2, 0) is 9.59 Å². The van der Waals surface area contributed by atoms with Crippen molar-refractivity contribution in [2.75, 3.05) is 7.05 Å². The number of aliphatic hydroxyl groups is 1. The Morgan fingerprint density at radius 3 is 2.22 bits per heavy atom. The molecule has 0 saturated carbocycles. The summed E-state index contributed by atoms with van der Waals surface area (Å²) in [6.45, 7) is 9.67. The van der Waals surface area contributed by atoms with Crippen LogP contribution in [-0.4, -0.2) is 52.4 Å². The highest BCUT2D eigenvalue weighted by Gasteiger charge is 2.36. The maximum atomic E-state index is 14.5. The first kappa shape index (κ1) is 27.5. The Balaban J connectivity index is 0. The van der Waals surface area contributed by atoms with Gasteiger partial charge >= 0.3 is 5.97 Å². The number of rotatable bonds is 12. The van der Waals surface area contributed by atoms with Gasteiger partial charge in [-0.25, -0.2) is 4.79 Å². The van der Waals surface area contributed by atoms with E-state index in [4.69, 9.17) is 0 Å². The molecular weight excluding hydrogens is 351 g/mol. The number of likely N-dealkylation sites (N-methyl/N-ethyl adjacent to an activating group) is 1. The van der Waals surface area contributed by atoms with Gasteiger partial charge in [0.2, 0.25) is 0 Å². The number of carbonyl (C=O) groups excluding carboxylic acids is 1. The van der Waals surface area contributed by atoms with Crippen LogP contribution in [0.3, 0.4) is 0 Å². The van der Waals surface area contributed by atoms with E-state index in [1.54, 1.807) is 19.2 Å². The molecule has 0 aromatic heterocycles. The third-order valence-corrected chi connectivity index (χ3v) is 3.99. The molecule has 0 aliphatic rings. The molecule has 7 heteroatoms. The van der Waals surface area contributed by atoms with Crippen LogP contribution in [0.2, 0.25) is 0 Å². The van der Waals surface area contributed by atoms with Gasteiger partial charge in [-0.2, -0.15) is 5.12 Å². The summed E-state index contributed by atoms with van der Waals surface area (Å²) < 4.78 is 14.5. The van der Waals surface area contributed by atoms with Crippen molar-refractivity contribution in [3.63, 3.8) is 0 Å². The van der Waals surface area contributed by atoms with Gasteiger partial charge in [0.15, 0.2) is 12.1 Å². The average Bonchev–Trinajstić information content (AvgIpc) is 2.68. The molecule has 0 aromatic carbocycles. The number of carboxylic acids is 1. The fraction of sp³-hybridized carbons (Fsp3) is 0.700. The molecule has 0 radical (unpaired) electrons. The molecule has 3 N–H and O–H groups in total. The number of halogens is 1. The van der Waals surface area contributed by atoms with E-state index >= 15 is 0 Å². The number of carboxylic acid groups (broad SMARTS) is 1. The molecule has 0 aliphatic carbocycles. The van der Waals surface area contributed by atoms with Gasteiger partial charge < -0.3 is 15.5 Å². The molecule has 0 aliphatic heterocycles. The second-order valence-electron chi connectivity index (χ2n) is 5.85. The third kappa shape index (κ3) is 10.2. The van der Waals surface area contributed by atoms with Crippen molar-refractivity contribution in [2.45, 2.75) is 84.9 Å². The lowest BCUT2D eigenvalue weighted by Gasteiger charge is -2.26. The van der Waals surface area contributed by atoms with Crippen molar-refractivity contribution in [1.82, 2.24) is 10.4 Å². The van der Waals surface area contributed by atoms with Crippen molar-refractivity contribution < 1.29 is 24.3 Å². The zero-order valence-corrected chi connectivity index (χ0v) is 17.5. The van der Waals surface area contributed by atoms with Crippen LogP contribution in [0.4, 0.5) is 4.48 Å². The first-order valence-electron chi connectivity index (χ1n) is 9.75. The van der Waals surface area contributed by atoms with Crippen molar-refractivity contribution in [3.8, 4) is 0 Å². The molecule has 0 rings (SSSR count). The largest absolute Gasteiger partial charge is 0.480 e. The molecule has 0 aromatic rings. The summed E-state index contributed by atoms with van der Waals surface area (Å²) in [6, 6.07) is -2.29. The molecule has 6 nitrogen and oxygen atoms in total. The Morgan fingerprint density at radius 2 is 1.81 bits per heavy atom. The van der Waals surface area contributed by atoms with Crippen LogP contribution in [0.15, 0.2) is 23.8 Å². The minimum atomic E-state index is -1.66. The van der Waals surface area contributed by atoms with E-state index in [2.05, 4.69) is 5.32 Å². The lowest BCUT2D eigenvalue weighted by atomic mass is 10.0. The summed E-state index contributed by atoms with van der Waals surface area (Å²) in [4.78, 5) is 23.6. The third-order valence-electron chi connectivity index (χ3n) is 3.99. The highest BCUT2D eigenvalue weighted by molar-refractivity contribution is 5.86. The Morgan fingerprint density at radius 1 is 1.22 bits per heavy atom. The highest BCUT2D eigenvalue weighted by Crippen LogP contribution is 2.18. The van der Waals surface area contributed by atoms with Crippen LogP contribution in [0.1, 0.15) is 66.7 Å². The number of aliphatic carboxylic acids is 1. The quantitative estimate of drug-likeness (QED) is 0.351. The average molecular weight is 389 g/mol. The first-order chi connectivity index (χ1) is 12.8. The first-order valence-corrected chi connectivity index (χ1v) is 9.75. The maximum Gasteiger partial charge on any atom is 0.329 e. The number of hydrogen-bond acceptors (Lipinski definition) is 4. The predicted octanol–water partition coefficient (Wildman–Crippen LogP) is 3.62. The number of allylic oxidation sites excluding steroid dienone is 3. The maximum absolute atomic E-state index is 14.5. The van der Waals surface area contributed by atoms with Crippen LogP contribution in [0.5, 0.6) is 0 Å². The van der Waals surface area contributed by atoms with Crippen molar-refractivity contribution >= 4 is 11.9 Å². The number of amides is 1. The zero-order chi connectivity index (χ0) is 21.4. The summed E-state index contributed by atoms with van der Waals surface area (Å²) in [5.74, 6) is -2.68. The number of hydrogen-bond donors (Lipinski definition) is 3. The molecule has 3 atom stereocenters. The number of aliphatic hydroxyl groups excluding tert-OH is 1. The van der Waals surface area contributed by atoms with Gasteiger partial charge in [-0.1, -0.05) is 69.3 Å². The zero-order valence-electron chi connectivity index (χ0n) is 17.5. The van der Waals surface area contributed by atoms with E-state index < -0.39 is 30.1 Å². The predicted molar refractivity (Wildman–Crippen MR) is 107 cm³/mol. The van der Waals surface area contributed by atoms with Gasteiger partial charge in [0.1, 0.15) is 0 Å². The van der Waals surface area contributed by atoms with Gasteiger partial charge in [-0.15, -0.1) is 0 Å². The number of nitrogens with zero attached hydrogens (tertiary/aromatic N) is 1. The van der Waals surface area contributed by atoms with Crippen LogP contribution >= 0.6 is 0 Å². The Bertz CT molecular complexity index is 481. The minimum Gasteiger partial charge on any atom is -0.480 e. The molecule has 27 heavy (non-hydrogen) atoms. The molecule has 1 amide bonds. The van der Waals surface area contributed by atoms with E-state index in [1.165, 1.54) is 0 Å². The van der Waals surface area contributed by atoms with Crippen molar-refractivity contribution in [2.24, 2.45) is 0 Å². The van der Waals surface area contributed by atoms with Gasteiger partial charge in [-0.3, -0.25) is 4.79 Å². The second-order valence-corrected chi connectivity index (χ2v) is 5.85. The Hall–Kier alpha value is -1.73. The molecular formula is C20H37FN2O4. The second kappa shape index (κ2) is 16.4. The highest BCUT2D eigenvalue weighted by atomic mass is 19.2. The van der Waals surface area contributed by atoms with Crippen LogP contribution in [0.25, 0.3) is 0 Å². The SMILES string of the molecule is CC.CC/C=C/C=C(/CC)CC(C(=O)O)N(F)C(=O)C(O)C(CCC)NC. The molecule has 0 saturated heterocycles. The molecule has 0 fully saturated rings. The minimum absolute atomic E-state index is 0.132. The molecule has 158 valence electrons. The fourth-order valence-electron chi connectivity index (χ4n) is 2.41. The van der Waals surface area contributed by atoms with E-state index in [0.29, 0.717) is 24.8 Å². The van der Waals surface area contributed by atoms with E-state index in [0.717, 1.165) is 6.42 Å². The molecule has 0 heterocycles. The normalized spacial score (nSPS) is 14.9. The summed E-state index contributed by atoms with van der Waals surface area (Å²) in [5.41, 5.74) is 0.709. The van der Waals surface area contributed by atoms with Gasteiger partial charge in [0, 0.05) is 12.5 Å². The number of carbonyl (C=O) groups is 2. The van der Waals surface area contributed by atoms with E-state index in [1.807, 2.05) is 40.7 Å². The van der Waals surface area contributed by atoms with E-state index in [9.17, 15) is 24.3 Å². The lowest BCUT2D eigenvalue weighted by Crippen LogP contribution is -2.51. The lowest BCUT2D eigenvalue weighted by molar-refractivity contribution is -0.173.